The second-order valence-corrected chi connectivity index (χ2v) is 6.69. The van der Waals surface area contributed by atoms with E-state index in [0.29, 0.717) is 5.69 Å². The first kappa shape index (κ1) is 21.4. The summed E-state index contributed by atoms with van der Waals surface area (Å²) in [5.74, 6) is -2.40. The van der Waals surface area contributed by atoms with Crippen LogP contribution in [0.1, 0.15) is 22.8 Å². The number of rotatable bonds is 6. The average molecular weight is 407 g/mol. The van der Waals surface area contributed by atoms with E-state index >= 15 is 0 Å². The number of hydrogen-bond acceptors (Lipinski definition) is 4. The van der Waals surface area contributed by atoms with Gasteiger partial charge in [-0.25, -0.2) is 9.18 Å². The summed E-state index contributed by atoms with van der Waals surface area (Å²) < 4.78 is 18.2. The van der Waals surface area contributed by atoms with Crippen molar-refractivity contribution in [2.75, 3.05) is 18.9 Å². The van der Waals surface area contributed by atoms with Gasteiger partial charge >= 0.3 is 5.97 Å². The van der Waals surface area contributed by atoms with Crippen LogP contribution in [0.15, 0.2) is 42.5 Å². The SMILES string of the molecule is Cc1ccc(NC(=O)CN(C)C(=O)[C@H](C)OC(=O)c2ccc(F)cc2Cl)cc1. The van der Waals surface area contributed by atoms with Gasteiger partial charge in [-0.1, -0.05) is 29.3 Å². The molecule has 0 radical (unpaired) electrons. The molecular weight excluding hydrogens is 387 g/mol. The van der Waals surface area contributed by atoms with Crippen LogP contribution >= 0.6 is 11.6 Å². The molecule has 0 spiro atoms. The number of benzene rings is 2. The summed E-state index contributed by atoms with van der Waals surface area (Å²) in [5, 5.41) is 2.56. The maximum atomic E-state index is 13.1. The fourth-order valence-electron chi connectivity index (χ4n) is 2.37. The number of carbonyl (C=O) groups excluding carboxylic acids is 3. The Morgan fingerprint density at radius 1 is 1.18 bits per heavy atom. The molecule has 148 valence electrons. The van der Waals surface area contributed by atoms with Crippen LogP contribution in [0.2, 0.25) is 5.02 Å². The summed E-state index contributed by atoms with van der Waals surface area (Å²) in [6.45, 7) is 3.10. The van der Waals surface area contributed by atoms with Crippen LogP contribution in [0, 0.1) is 12.7 Å². The number of nitrogens with one attached hydrogen (secondary N) is 1. The summed E-state index contributed by atoms with van der Waals surface area (Å²) in [7, 11) is 1.42. The highest BCUT2D eigenvalue weighted by Gasteiger charge is 2.24. The van der Waals surface area contributed by atoms with E-state index in [1.807, 2.05) is 19.1 Å². The number of aryl methyl sites for hydroxylation is 1. The Kier molecular flexibility index (Phi) is 7.12. The highest BCUT2D eigenvalue weighted by molar-refractivity contribution is 6.33. The van der Waals surface area contributed by atoms with Crippen LogP contribution in [0.5, 0.6) is 0 Å². The minimum absolute atomic E-state index is 0.0533. The maximum absolute atomic E-state index is 13.1. The number of ether oxygens (including phenoxy) is 1. The summed E-state index contributed by atoms with van der Waals surface area (Å²) in [5.41, 5.74) is 1.62. The molecule has 2 aromatic carbocycles. The monoisotopic (exact) mass is 406 g/mol. The Morgan fingerprint density at radius 3 is 2.43 bits per heavy atom. The quantitative estimate of drug-likeness (QED) is 0.746. The van der Waals surface area contributed by atoms with Crippen molar-refractivity contribution in [1.82, 2.24) is 4.90 Å². The number of carbonyl (C=O) groups is 3. The Labute approximate surface area is 167 Å². The van der Waals surface area contributed by atoms with E-state index in [0.717, 1.165) is 22.6 Å². The van der Waals surface area contributed by atoms with Crippen molar-refractivity contribution in [2.24, 2.45) is 0 Å². The van der Waals surface area contributed by atoms with Crippen molar-refractivity contribution >= 4 is 35.1 Å². The van der Waals surface area contributed by atoms with Crippen molar-refractivity contribution in [3.05, 3.63) is 64.4 Å². The van der Waals surface area contributed by atoms with Gasteiger partial charge in [-0.2, -0.15) is 0 Å². The van der Waals surface area contributed by atoms with Crippen molar-refractivity contribution in [3.8, 4) is 0 Å². The normalized spacial score (nSPS) is 11.5. The summed E-state index contributed by atoms with van der Waals surface area (Å²) in [4.78, 5) is 37.7. The van der Waals surface area contributed by atoms with Crippen LogP contribution < -0.4 is 5.32 Å². The molecule has 0 unspecified atom stereocenters. The van der Waals surface area contributed by atoms with E-state index in [4.69, 9.17) is 16.3 Å². The third kappa shape index (κ3) is 5.79. The van der Waals surface area contributed by atoms with Crippen molar-refractivity contribution < 1.29 is 23.5 Å². The smallest absolute Gasteiger partial charge is 0.340 e. The molecule has 1 atom stereocenters. The van der Waals surface area contributed by atoms with Crippen LogP contribution in [0.25, 0.3) is 0 Å². The van der Waals surface area contributed by atoms with Gasteiger partial charge in [0, 0.05) is 12.7 Å². The summed E-state index contributed by atoms with van der Waals surface area (Å²) >= 11 is 5.82. The molecule has 6 nitrogen and oxygen atoms in total. The van der Waals surface area contributed by atoms with Crippen LogP contribution in [-0.2, 0) is 14.3 Å². The molecule has 0 aliphatic carbocycles. The Hall–Kier alpha value is -2.93. The fraction of sp³-hybridized carbons (Fsp3) is 0.250. The van der Waals surface area contributed by atoms with Gasteiger partial charge in [0.15, 0.2) is 6.10 Å². The number of hydrogen-bond donors (Lipinski definition) is 1. The lowest BCUT2D eigenvalue weighted by molar-refractivity contribution is -0.140. The van der Waals surface area contributed by atoms with E-state index in [-0.39, 0.29) is 23.0 Å². The molecule has 0 heterocycles. The van der Waals surface area contributed by atoms with E-state index < -0.39 is 23.8 Å². The zero-order chi connectivity index (χ0) is 20.8. The lowest BCUT2D eigenvalue weighted by Gasteiger charge is -2.21. The highest BCUT2D eigenvalue weighted by atomic mass is 35.5. The zero-order valence-corrected chi connectivity index (χ0v) is 16.4. The van der Waals surface area contributed by atoms with Gasteiger partial charge in [0.05, 0.1) is 17.1 Å². The van der Waals surface area contributed by atoms with Crippen LogP contribution in [0.4, 0.5) is 10.1 Å². The number of esters is 1. The van der Waals surface area contributed by atoms with Crippen molar-refractivity contribution in [1.29, 1.82) is 0 Å². The molecule has 0 aromatic heterocycles. The molecular formula is C20H20ClFN2O4. The minimum Gasteiger partial charge on any atom is -0.449 e. The number of amides is 2. The lowest BCUT2D eigenvalue weighted by Crippen LogP contribution is -2.41. The number of likely N-dealkylation sites (N-methyl/N-ethyl adjacent to an activating group) is 1. The number of halogens is 2. The van der Waals surface area contributed by atoms with E-state index in [9.17, 15) is 18.8 Å². The summed E-state index contributed by atoms with van der Waals surface area (Å²) in [6, 6.07) is 10.4. The van der Waals surface area contributed by atoms with Crippen molar-refractivity contribution in [2.45, 2.75) is 20.0 Å². The fourth-order valence-corrected chi connectivity index (χ4v) is 2.61. The van der Waals surface area contributed by atoms with Gasteiger partial charge in [-0.05, 0) is 44.2 Å². The van der Waals surface area contributed by atoms with E-state index in [1.165, 1.54) is 20.0 Å². The average Bonchev–Trinajstić information content (AvgIpc) is 2.62. The second-order valence-electron chi connectivity index (χ2n) is 6.28. The Bertz CT molecular complexity index is 886. The second kappa shape index (κ2) is 9.32. The third-order valence-corrected chi connectivity index (χ3v) is 4.19. The largest absolute Gasteiger partial charge is 0.449 e. The van der Waals surface area contributed by atoms with Crippen LogP contribution in [0.3, 0.4) is 0 Å². The molecule has 0 bridgehead atoms. The van der Waals surface area contributed by atoms with Gasteiger partial charge in [0.1, 0.15) is 5.82 Å². The van der Waals surface area contributed by atoms with Gasteiger partial charge in [0.2, 0.25) is 5.91 Å². The van der Waals surface area contributed by atoms with Gasteiger partial charge < -0.3 is 15.0 Å². The third-order valence-electron chi connectivity index (χ3n) is 3.87. The Morgan fingerprint density at radius 2 is 1.82 bits per heavy atom. The topological polar surface area (TPSA) is 75.7 Å². The predicted octanol–water partition coefficient (Wildman–Crippen LogP) is 3.43. The molecule has 2 amide bonds. The molecule has 0 saturated heterocycles. The molecule has 8 heteroatoms. The van der Waals surface area contributed by atoms with Gasteiger partial charge in [-0.3, -0.25) is 9.59 Å². The van der Waals surface area contributed by atoms with Gasteiger partial charge in [-0.15, -0.1) is 0 Å². The Balaban J connectivity index is 1.91. The first-order chi connectivity index (χ1) is 13.2. The van der Waals surface area contributed by atoms with Crippen LogP contribution in [-0.4, -0.2) is 42.4 Å². The predicted molar refractivity (Wildman–Crippen MR) is 104 cm³/mol. The first-order valence-corrected chi connectivity index (χ1v) is 8.82. The molecule has 1 N–H and O–H groups in total. The van der Waals surface area contributed by atoms with E-state index in [2.05, 4.69) is 5.32 Å². The zero-order valence-electron chi connectivity index (χ0n) is 15.7. The summed E-state index contributed by atoms with van der Waals surface area (Å²) in [6.07, 6.45) is -1.15. The number of nitrogens with zero attached hydrogens (tertiary/aromatic N) is 1. The van der Waals surface area contributed by atoms with Gasteiger partial charge in [0.25, 0.3) is 5.91 Å². The lowest BCUT2D eigenvalue weighted by atomic mass is 10.2. The minimum atomic E-state index is -1.15. The molecule has 0 fully saturated rings. The number of anilines is 1. The molecule has 0 aliphatic heterocycles. The molecule has 2 rings (SSSR count). The first-order valence-electron chi connectivity index (χ1n) is 8.45. The molecule has 28 heavy (non-hydrogen) atoms. The maximum Gasteiger partial charge on any atom is 0.340 e. The molecule has 0 aliphatic rings. The highest BCUT2D eigenvalue weighted by Crippen LogP contribution is 2.19. The van der Waals surface area contributed by atoms with E-state index in [1.54, 1.807) is 12.1 Å². The van der Waals surface area contributed by atoms with Crippen molar-refractivity contribution in [3.63, 3.8) is 0 Å². The standard InChI is InChI=1S/C20H20ClFN2O4/c1-12-4-7-15(8-5-12)23-18(25)11-24(3)19(26)13(2)28-20(27)16-9-6-14(22)10-17(16)21/h4-10,13H,11H2,1-3H3,(H,23,25)/t13-/m0/s1. The molecule has 0 saturated carbocycles. The molecule has 2 aromatic rings.